The highest BCUT2D eigenvalue weighted by Crippen LogP contribution is 2.04. The van der Waals surface area contributed by atoms with Crippen LogP contribution in [0, 0.1) is 5.92 Å². The summed E-state index contributed by atoms with van der Waals surface area (Å²) in [6.45, 7) is 4.14. The van der Waals surface area contributed by atoms with E-state index in [2.05, 4.69) is 35.2 Å². The molecule has 0 N–H and O–H groups in total. The van der Waals surface area contributed by atoms with Crippen molar-refractivity contribution in [2.45, 2.75) is 26.7 Å². The van der Waals surface area contributed by atoms with Crippen LogP contribution in [-0.4, -0.2) is 9.45 Å². The van der Waals surface area contributed by atoms with Gasteiger partial charge in [-0.05, 0) is 23.9 Å². The van der Waals surface area contributed by atoms with Gasteiger partial charge in [-0.25, -0.2) is 4.21 Å². The molecule has 0 aromatic carbocycles. The summed E-state index contributed by atoms with van der Waals surface area (Å²) in [4.78, 5) is 10.1. The minimum atomic E-state index is -1.67. The van der Waals surface area contributed by atoms with E-state index in [4.69, 9.17) is 15.8 Å². The van der Waals surface area contributed by atoms with Crippen LogP contribution in [0.5, 0.6) is 0 Å². The predicted octanol–water partition coefficient (Wildman–Crippen LogP) is 3.23. The Kier molecular flexibility index (Phi) is 12.4. The van der Waals surface area contributed by atoms with Crippen LogP contribution in [-0.2, 0) is 14.0 Å². The lowest BCUT2D eigenvalue weighted by atomic mass is 10.1. The number of carbonyl (C=O) groups is 1. The van der Waals surface area contributed by atoms with E-state index in [9.17, 15) is 4.79 Å². The van der Waals surface area contributed by atoms with Crippen molar-refractivity contribution in [1.82, 2.24) is 0 Å². The second kappa shape index (κ2) is 9.78. The predicted molar refractivity (Wildman–Crippen MR) is 54.8 cm³/mol. The molecule has 0 heterocycles. The van der Waals surface area contributed by atoms with Gasteiger partial charge >= 0.3 is 0 Å². The molecule has 2 nitrogen and oxygen atoms in total. The van der Waals surface area contributed by atoms with Gasteiger partial charge in [-0.15, -0.1) is 0 Å². The van der Waals surface area contributed by atoms with E-state index in [0.717, 1.165) is 6.42 Å². The van der Waals surface area contributed by atoms with Crippen LogP contribution in [0.1, 0.15) is 26.7 Å². The van der Waals surface area contributed by atoms with E-state index in [1.54, 1.807) is 0 Å². The molecule has 0 aliphatic heterocycles. The molecule has 0 rings (SSSR count). The maximum atomic E-state index is 10.1. The maximum absolute atomic E-state index is 10.1. The summed E-state index contributed by atoms with van der Waals surface area (Å²) in [6, 6.07) is 0. The fourth-order valence-corrected chi connectivity index (χ4v) is 0.511. The molecule has 0 fully saturated rings. The van der Waals surface area contributed by atoms with E-state index >= 15 is 0 Å². The molecule has 0 bridgehead atoms. The number of halogens is 3. The van der Waals surface area contributed by atoms with Crippen molar-refractivity contribution in [1.29, 1.82) is 0 Å². The Balaban J connectivity index is 0. The summed E-state index contributed by atoms with van der Waals surface area (Å²) in [5, 5.41) is -0.223. The zero-order valence-electron chi connectivity index (χ0n) is 6.85. The summed E-state index contributed by atoms with van der Waals surface area (Å²) < 4.78 is 9.09. The highest BCUT2D eigenvalue weighted by molar-refractivity contribution is 8.26. The molecule has 0 radical (unpaired) electrons. The van der Waals surface area contributed by atoms with E-state index in [0.29, 0.717) is 12.3 Å². The highest BCUT2D eigenvalue weighted by Gasteiger charge is 1.97. The third-order valence-corrected chi connectivity index (χ3v) is 1.11. The molecule has 0 aromatic heterocycles. The SMILES string of the molecule is CC(C)CCC(=O)Cl.O=S(Cl)Cl. The second-order valence-electron chi connectivity index (χ2n) is 2.47. The first-order chi connectivity index (χ1) is 5.36. The van der Waals surface area contributed by atoms with Gasteiger partial charge in [0.2, 0.25) is 14.5 Å². The van der Waals surface area contributed by atoms with Crippen molar-refractivity contribution < 1.29 is 9.00 Å². The van der Waals surface area contributed by atoms with Gasteiger partial charge in [0.1, 0.15) is 0 Å². The maximum Gasteiger partial charge on any atom is 0.221 e. The topological polar surface area (TPSA) is 34.1 Å². The Labute approximate surface area is 89.0 Å². The molecule has 12 heavy (non-hydrogen) atoms. The molecule has 0 spiro atoms. The zero-order chi connectivity index (χ0) is 10.1. The van der Waals surface area contributed by atoms with Crippen LogP contribution in [0.4, 0.5) is 0 Å². The van der Waals surface area contributed by atoms with Gasteiger partial charge in [0.05, 0.1) is 0 Å². The molecule has 0 amide bonds. The van der Waals surface area contributed by atoms with Crippen molar-refractivity contribution in [3.05, 3.63) is 0 Å². The van der Waals surface area contributed by atoms with E-state index < -0.39 is 9.23 Å². The lowest BCUT2D eigenvalue weighted by molar-refractivity contribution is -0.111. The fraction of sp³-hybridized carbons (Fsp3) is 0.833. The van der Waals surface area contributed by atoms with Gasteiger partial charge in [0, 0.05) is 27.8 Å². The van der Waals surface area contributed by atoms with Crippen molar-refractivity contribution in [2.24, 2.45) is 5.92 Å². The first-order valence-electron chi connectivity index (χ1n) is 3.28. The van der Waals surface area contributed by atoms with Crippen molar-refractivity contribution in [3.63, 3.8) is 0 Å². The van der Waals surface area contributed by atoms with Crippen molar-refractivity contribution >= 4 is 47.4 Å². The van der Waals surface area contributed by atoms with E-state index in [1.807, 2.05) is 0 Å². The summed E-state index contributed by atoms with van der Waals surface area (Å²) in [7, 11) is 7.36. The van der Waals surface area contributed by atoms with Gasteiger partial charge in [-0.2, -0.15) is 0 Å². The van der Waals surface area contributed by atoms with Crippen LogP contribution < -0.4 is 0 Å². The lowest BCUT2D eigenvalue weighted by Crippen LogP contribution is -1.91. The van der Waals surface area contributed by atoms with Crippen LogP contribution in [0.25, 0.3) is 0 Å². The summed E-state index contributed by atoms with van der Waals surface area (Å²) in [6.07, 6.45) is 1.42. The fourth-order valence-electron chi connectivity index (χ4n) is 0.402. The molecule has 0 saturated carbocycles. The van der Waals surface area contributed by atoms with E-state index in [1.165, 1.54) is 0 Å². The molecular weight excluding hydrogens is 242 g/mol. The number of hydrogen-bond donors (Lipinski definition) is 0. The Bertz CT molecular complexity index is 146. The second-order valence-corrected chi connectivity index (χ2v) is 5.42. The standard InChI is InChI=1S/C6H11ClO.Cl2OS/c1-5(2)3-4-6(7)8;1-4(2)3/h5H,3-4H2,1-2H3;. The quantitative estimate of drug-likeness (QED) is 0.724. The Morgan fingerprint density at radius 1 is 1.42 bits per heavy atom. The van der Waals surface area contributed by atoms with Crippen molar-refractivity contribution in [3.8, 4) is 0 Å². The molecule has 6 heteroatoms. The number of rotatable bonds is 3. The van der Waals surface area contributed by atoms with E-state index in [-0.39, 0.29) is 5.24 Å². The monoisotopic (exact) mass is 252 g/mol. The van der Waals surface area contributed by atoms with Gasteiger partial charge in [0.25, 0.3) is 0 Å². The average Bonchev–Trinajstić information content (AvgIpc) is 1.82. The smallest absolute Gasteiger partial charge is 0.221 e. The third kappa shape index (κ3) is 31.0. The van der Waals surface area contributed by atoms with Gasteiger partial charge in [-0.3, -0.25) is 4.79 Å². The molecular formula is C6H11Cl3O2S. The molecule has 0 atom stereocenters. The average molecular weight is 254 g/mol. The van der Waals surface area contributed by atoms with Crippen LogP contribution in [0.2, 0.25) is 0 Å². The summed E-state index contributed by atoms with van der Waals surface area (Å²) in [5.41, 5.74) is 0. The minimum Gasteiger partial charge on any atom is -0.281 e. The summed E-state index contributed by atoms with van der Waals surface area (Å²) >= 11 is 5.08. The Morgan fingerprint density at radius 2 is 1.75 bits per heavy atom. The number of hydrogen-bond acceptors (Lipinski definition) is 2. The first kappa shape index (κ1) is 15.2. The third-order valence-electron chi connectivity index (χ3n) is 0.918. The molecule has 0 saturated heterocycles. The Hall–Kier alpha value is 0.690. The molecule has 0 aliphatic rings. The zero-order valence-corrected chi connectivity index (χ0v) is 9.93. The Morgan fingerprint density at radius 3 is 1.83 bits per heavy atom. The van der Waals surface area contributed by atoms with Gasteiger partial charge < -0.3 is 0 Å². The highest BCUT2D eigenvalue weighted by atomic mass is 36.0. The van der Waals surface area contributed by atoms with Gasteiger partial charge in [0.15, 0.2) is 0 Å². The van der Waals surface area contributed by atoms with Gasteiger partial charge in [-0.1, -0.05) is 13.8 Å². The minimum absolute atomic E-state index is 0.223. The van der Waals surface area contributed by atoms with Crippen LogP contribution in [0.15, 0.2) is 0 Å². The largest absolute Gasteiger partial charge is 0.281 e. The molecule has 0 aliphatic carbocycles. The summed E-state index contributed by atoms with van der Waals surface area (Å²) in [5.74, 6) is 0.581. The first-order valence-corrected chi connectivity index (χ1v) is 6.47. The number of carbonyl (C=O) groups excluding carboxylic acids is 1. The lowest BCUT2D eigenvalue weighted by Gasteiger charge is -1.97. The van der Waals surface area contributed by atoms with Crippen LogP contribution in [0.3, 0.4) is 0 Å². The molecule has 0 aromatic rings. The van der Waals surface area contributed by atoms with Crippen LogP contribution >= 0.6 is 33.0 Å². The van der Waals surface area contributed by atoms with Crippen molar-refractivity contribution in [2.75, 3.05) is 0 Å². The molecule has 0 unspecified atom stereocenters. The normalized spacial score (nSPS) is 9.58. The molecule has 74 valence electrons.